The number of imidazole rings is 1. The zero-order valence-corrected chi connectivity index (χ0v) is 9.97. The molecule has 1 aromatic carbocycles. The topological polar surface area (TPSA) is 55.0 Å². The molecule has 0 amide bonds. The number of H-pyrrole nitrogens is 1. The third-order valence-electron chi connectivity index (χ3n) is 2.02. The normalized spacial score (nSPS) is 10.7. The number of nitrogens with zero attached hydrogens (tertiary/aromatic N) is 1. The summed E-state index contributed by atoms with van der Waals surface area (Å²) in [5.74, 6) is -1.09. The molecule has 0 aliphatic carbocycles. The van der Waals surface area contributed by atoms with Gasteiger partial charge in [-0.3, -0.25) is 0 Å². The molecule has 4 nitrogen and oxygen atoms in total. The highest BCUT2D eigenvalue weighted by atomic mass is 79.9. The number of carbonyl (C=O) groups is 1. The minimum absolute atomic E-state index is 0.124. The molecule has 0 atom stereocenters. The van der Waals surface area contributed by atoms with E-state index >= 15 is 0 Å². The first kappa shape index (κ1) is 11.1. The summed E-state index contributed by atoms with van der Waals surface area (Å²) in [4.78, 5) is 18.4. The number of esters is 1. The molecule has 2 aromatic rings. The van der Waals surface area contributed by atoms with Crippen molar-refractivity contribution in [3.63, 3.8) is 0 Å². The van der Waals surface area contributed by atoms with Crippen LogP contribution in [0.4, 0.5) is 4.39 Å². The number of hydrogen-bond acceptors (Lipinski definition) is 3. The zero-order chi connectivity index (χ0) is 11.7. The maximum Gasteiger partial charge on any atom is 0.340 e. The van der Waals surface area contributed by atoms with Gasteiger partial charge in [0.2, 0.25) is 0 Å². The molecule has 1 heterocycles. The number of rotatable bonds is 2. The van der Waals surface area contributed by atoms with E-state index in [0.29, 0.717) is 15.8 Å². The maximum absolute atomic E-state index is 13.2. The minimum atomic E-state index is -0.578. The fourth-order valence-electron chi connectivity index (χ4n) is 1.42. The van der Waals surface area contributed by atoms with Crippen LogP contribution in [0.25, 0.3) is 11.0 Å². The Balaban J connectivity index is 2.62. The fraction of sp³-hybridized carbons (Fsp3) is 0.200. The van der Waals surface area contributed by atoms with Crippen molar-refractivity contribution in [3.8, 4) is 0 Å². The summed E-state index contributed by atoms with van der Waals surface area (Å²) in [6.07, 6.45) is 0. The van der Waals surface area contributed by atoms with E-state index in [0.717, 1.165) is 6.07 Å². The number of aromatic amines is 1. The largest absolute Gasteiger partial charge is 0.462 e. The van der Waals surface area contributed by atoms with Crippen molar-refractivity contribution in [2.24, 2.45) is 0 Å². The van der Waals surface area contributed by atoms with Crippen molar-refractivity contribution < 1.29 is 13.9 Å². The summed E-state index contributed by atoms with van der Waals surface area (Å²) in [6.45, 7) is 1.93. The van der Waals surface area contributed by atoms with Gasteiger partial charge in [0.05, 0.1) is 17.7 Å². The standard InChI is InChI=1S/C10H8BrFN2O2/c1-2-16-9(15)6-3-5(12)4-7-8(6)14-10(11)13-7/h3-4H,2H2,1H3,(H,13,14). The molecule has 0 saturated heterocycles. The van der Waals surface area contributed by atoms with Gasteiger partial charge < -0.3 is 9.72 Å². The molecule has 0 bridgehead atoms. The van der Waals surface area contributed by atoms with Crippen LogP contribution in [-0.2, 0) is 4.74 Å². The fourth-order valence-corrected chi connectivity index (χ4v) is 1.81. The van der Waals surface area contributed by atoms with Crippen LogP contribution < -0.4 is 0 Å². The summed E-state index contributed by atoms with van der Waals surface area (Å²) in [6, 6.07) is 2.39. The molecule has 16 heavy (non-hydrogen) atoms. The van der Waals surface area contributed by atoms with Crippen LogP contribution in [0, 0.1) is 5.82 Å². The number of hydrogen-bond donors (Lipinski definition) is 1. The van der Waals surface area contributed by atoms with Crippen molar-refractivity contribution in [1.82, 2.24) is 9.97 Å². The van der Waals surface area contributed by atoms with Crippen LogP contribution in [0.15, 0.2) is 16.9 Å². The molecule has 1 aromatic heterocycles. The molecular formula is C10H8BrFN2O2. The molecule has 2 rings (SSSR count). The van der Waals surface area contributed by atoms with E-state index in [1.54, 1.807) is 6.92 Å². The Morgan fingerprint density at radius 1 is 1.62 bits per heavy atom. The smallest absolute Gasteiger partial charge is 0.340 e. The van der Waals surface area contributed by atoms with Gasteiger partial charge in [-0.1, -0.05) is 0 Å². The van der Waals surface area contributed by atoms with E-state index in [-0.39, 0.29) is 12.2 Å². The van der Waals surface area contributed by atoms with Crippen LogP contribution in [0.5, 0.6) is 0 Å². The SMILES string of the molecule is CCOC(=O)c1cc(F)cc2[nH]c(Br)nc12. The molecule has 6 heteroatoms. The molecule has 0 saturated carbocycles. The van der Waals surface area contributed by atoms with Crippen molar-refractivity contribution in [2.45, 2.75) is 6.92 Å². The van der Waals surface area contributed by atoms with E-state index in [4.69, 9.17) is 4.74 Å². The zero-order valence-electron chi connectivity index (χ0n) is 8.38. The molecular weight excluding hydrogens is 279 g/mol. The number of carbonyl (C=O) groups excluding carboxylic acids is 1. The predicted octanol–water partition coefficient (Wildman–Crippen LogP) is 2.64. The molecule has 0 radical (unpaired) electrons. The summed E-state index contributed by atoms with van der Waals surface area (Å²) in [5, 5.41) is 0. The maximum atomic E-state index is 13.2. The average Bonchev–Trinajstić information content (AvgIpc) is 2.57. The van der Waals surface area contributed by atoms with Gasteiger partial charge >= 0.3 is 5.97 Å². The third-order valence-corrected chi connectivity index (χ3v) is 2.39. The Morgan fingerprint density at radius 3 is 3.06 bits per heavy atom. The number of benzene rings is 1. The second-order valence-electron chi connectivity index (χ2n) is 3.10. The van der Waals surface area contributed by atoms with E-state index in [9.17, 15) is 9.18 Å². The lowest BCUT2D eigenvalue weighted by atomic mass is 10.2. The first-order valence-electron chi connectivity index (χ1n) is 4.63. The second kappa shape index (κ2) is 4.21. The lowest BCUT2D eigenvalue weighted by molar-refractivity contribution is 0.0528. The van der Waals surface area contributed by atoms with Gasteiger partial charge in [-0.15, -0.1) is 0 Å². The summed E-state index contributed by atoms with van der Waals surface area (Å²) in [7, 11) is 0. The first-order chi connectivity index (χ1) is 7.61. The van der Waals surface area contributed by atoms with Gasteiger partial charge in [-0.05, 0) is 35.0 Å². The van der Waals surface area contributed by atoms with Crippen LogP contribution >= 0.6 is 15.9 Å². The molecule has 0 spiro atoms. The predicted molar refractivity (Wildman–Crippen MR) is 59.7 cm³/mol. The number of nitrogens with one attached hydrogen (secondary N) is 1. The highest BCUT2D eigenvalue weighted by molar-refractivity contribution is 9.10. The van der Waals surface area contributed by atoms with Crippen LogP contribution in [0.1, 0.15) is 17.3 Å². The Hall–Kier alpha value is -1.43. The first-order valence-corrected chi connectivity index (χ1v) is 5.43. The molecule has 0 unspecified atom stereocenters. The van der Waals surface area contributed by atoms with Crippen molar-refractivity contribution >= 4 is 32.9 Å². The highest BCUT2D eigenvalue weighted by Crippen LogP contribution is 2.21. The number of aromatic nitrogens is 2. The lowest BCUT2D eigenvalue weighted by Gasteiger charge is -2.02. The lowest BCUT2D eigenvalue weighted by Crippen LogP contribution is -2.05. The Kier molecular flexibility index (Phi) is 2.91. The van der Waals surface area contributed by atoms with Crippen LogP contribution in [0.3, 0.4) is 0 Å². The van der Waals surface area contributed by atoms with Gasteiger partial charge in [0, 0.05) is 0 Å². The Bertz CT molecular complexity index is 553. The summed E-state index contributed by atoms with van der Waals surface area (Å²) >= 11 is 3.13. The van der Waals surface area contributed by atoms with Gasteiger partial charge in [-0.2, -0.15) is 0 Å². The monoisotopic (exact) mass is 286 g/mol. The molecule has 0 aliphatic heterocycles. The van der Waals surface area contributed by atoms with Gasteiger partial charge in [0.1, 0.15) is 11.3 Å². The Labute approximate surface area is 98.9 Å². The minimum Gasteiger partial charge on any atom is -0.462 e. The van der Waals surface area contributed by atoms with E-state index in [1.807, 2.05) is 0 Å². The molecule has 84 valence electrons. The van der Waals surface area contributed by atoms with Gasteiger partial charge in [0.25, 0.3) is 0 Å². The van der Waals surface area contributed by atoms with Gasteiger partial charge in [0.15, 0.2) is 4.73 Å². The van der Waals surface area contributed by atoms with Crippen molar-refractivity contribution in [3.05, 3.63) is 28.2 Å². The molecule has 0 fully saturated rings. The van der Waals surface area contributed by atoms with Gasteiger partial charge in [-0.25, -0.2) is 14.2 Å². The van der Waals surface area contributed by atoms with Crippen LogP contribution in [-0.4, -0.2) is 22.5 Å². The summed E-state index contributed by atoms with van der Waals surface area (Å²) in [5.41, 5.74) is 0.973. The van der Waals surface area contributed by atoms with Crippen LogP contribution in [0.2, 0.25) is 0 Å². The highest BCUT2D eigenvalue weighted by Gasteiger charge is 2.16. The van der Waals surface area contributed by atoms with E-state index in [2.05, 4.69) is 25.9 Å². The van der Waals surface area contributed by atoms with E-state index in [1.165, 1.54) is 6.07 Å². The number of halogens is 2. The van der Waals surface area contributed by atoms with Crippen molar-refractivity contribution in [1.29, 1.82) is 0 Å². The average molecular weight is 287 g/mol. The quantitative estimate of drug-likeness (QED) is 0.864. The molecule has 1 N–H and O–H groups in total. The van der Waals surface area contributed by atoms with E-state index < -0.39 is 11.8 Å². The molecule has 0 aliphatic rings. The Morgan fingerprint density at radius 2 is 2.38 bits per heavy atom. The number of ether oxygens (including phenoxy) is 1. The summed E-state index contributed by atoms with van der Waals surface area (Å²) < 4.78 is 18.5. The second-order valence-corrected chi connectivity index (χ2v) is 3.85. The van der Waals surface area contributed by atoms with Crippen molar-refractivity contribution in [2.75, 3.05) is 6.61 Å². The number of fused-ring (bicyclic) bond motifs is 1. The third kappa shape index (κ3) is 1.92.